The number of amides is 1. The van der Waals surface area contributed by atoms with Gasteiger partial charge in [-0.25, -0.2) is 0 Å². The molecule has 1 amide bonds. The second kappa shape index (κ2) is 5.08. The minimum Gasteiger partial charge on any atom is -0.352 e. The van der Waals surface area contributed by atoms with Crippen molar-refractivity contribution in [3.63, 3.8) is 0 Å². The van der Waals surface area contributed by atoms with Gasteiger partial charge in [0.05, 0.1) is 5.92 Å². The molecule has 1 aliphatic heterocycles. The van der Waals surface area contributed by atoms with Crippen molar-refractivity contribution in [1.29, 1.82) is 0 Å². The van der Waals surface area contributed by atoms with Crippen LogP contribution in [0.4, 0.5) is 0 Å². The monoisotopic (exact) mass is 260 g/mol. The third-order valence-corrected chi connectivity index (χ3v) is 4.46. The molecule has 1 aromatic heterocycles. The van der Waals surface area contributed by atoms with Gasteiger partial charge in [-0.15, -0.1) is 11.3 Å². The van der Waals surface area contributed by atoms with Gasteiger partial charge in [0.1, 0.15) is 0 Å². The molecule has 1 aromatic carbocycles. The van der Waals surface area contributed by atoms with Crippen LogP contribution in [-0.4, -0.2) is 19.0 Å². The number of hydrogen-bond donors (Lipinski definition) is 2. The molecule has 1 saturated heterocycles. The lowest BCUT2D eigenvalue weighted by molar-refractivity contribution is -0.124. The second-order valence-electron chi connectivity index (χ2n) is 4.66. The highest BCUT2D eigenvalue weighted by Gasteiger charge is 2.21. The molecule has 1 fully saturated rings. The fourth-order valence-corrected chi connectivity index (χ4v) is 3.34. The molecule has 0 saturated carbocycles. The predicted molar refractivity (Wildman–Crippen MR) is 74.6 cm³/mol. The van der Waals surface area contributed by atoms with Crippen molar-refractivity contribution in [1.82, 2.24) is 10.6 Å². The number of rotatable bonds is 3. The van der Waals surface area contributed by atoms with Crippen molar-refractivity contribution in [3.05, 3.63) is 35.2 Å². The summed E-state index contributed by atoms with van der Waals surface area (Å²) in [6.45, 7) is 2.41. The van der Waals surface area contributed by atoms with Gasteiger partial charge in [0.25, 0.3) is 0 Å². The predicted octanol–water partition coefficient (Wildman–Crippen LogP) is 2.13. The number of nitrogens with one attached hydrogen (secondary N) is 2. The summed E-state index contributed by atoms with van der Waals surface area (Å²) in [6.07, 6.45) is 0.955. The van der Waals surface area contributed by atoms with Crippen LogP contribution in [0.1, 0.15) is 12.0 Å². The molecule has 2 aromatic rings. The molecule has 1 aliphatic rings. The number of fused-ring (bicyclic) bond motifs is 1. The van der Waals surface area contributed by atoms with Gasteiger partial charge in [0, 0.05) is 17.8 Å². The first-order chi connectivity index (χ1) is 8.84. The van der Waals surface area contributed by atoms with Crippen LogP contribution in [0.2, 0.25) is 0 Å². The van der Waals surface area contributed by atoms with E-state index in [-0.39, 0.29) is 11.8 Å². The summed E-state index contributed by atoms with van der Waals surface area (Å²) in [5, 5.41) is 9.66. The van der Waals surface area contributed by atoms with Gasteiger partial charge in [-0.3, -0.25) is 4.79 Å². The first-order valence-corrected chi connectivity index (χ1v) is 7.16. The quantitative estimate of drug-likeness (QED) is 0.887. The van der Waals surface area contributed by atoms with E-state index in [0.717, 1.165) is 19.5 Å². The number of thiophene rings is 1. The lowest BCUT2D eigenvalue weighted by Gasteiger charge is -2.09. The molecule has 4 heteroatoms. The van der Waals surface area contributed by atoms with Crippen LogP contribution in [-0.2, 0) is 11.3 Å². The van der Waals surface area contributed by atoms with E-state index in [1.54, 1.807) is 11.3 Å². The minimum absolute atomic E-state index is 0.148. The summed E-state index contributed by atoms with van der Waals surface area (Å²) < 4.78 is 1.28. The number of carbonyl (C=O) groups is 1. The van der Waals surface area contributed by atoms with E-state index in [0.29, 0.717) is 6.54 Å². The average molecular weight is 260 g/mol. The molecule has 0 radical (unpaired) electrons. The zero-order chi connectivity index (χ0) is 12.4. The first-order valence-electron chi connectivity index (χ1n) is 6.28. The Morgan fingerprint density at radius 1 is 1.44 bits per heavy atom. The van der Waals surface area contributed by atoms with E-state index in [9.17, 15) is 4.79 Å². The molecule has 3 rings (SSSR count). The molecule has 2 N–H and O–H groups in total. The fraction of sp³-hybridized carbons (Fsp3) is 0.357. The van der Waals surface area contributed by atoms with E-state index in [2.05, 4.69) is 28.1 Å². The van der Waals surface area contributed by atoms with Crippen LogP contribution in [0.5, 0.6) is 0 Å². The normalized spacial score (nSPS) is 19.2. The van der Waals surface area contributed by atoms with Gasteiger partial charge in [-0.05, 0) is 35.4 Å². The topological polar surface area (TPSA) is 41.1 Å². The lowest BCUT2D eigenvalue weighted by atomic mass is 10.1. The average Bonchev–Trinajstić information content (AvgIpc) is 3.06. The van der Waals surface area contributed by atoms with Gasteiger partial charge in [-0.2, -0.15) is 0 Å². The van der Waals surface area contributed by atoms with Crippen LogP contribution in [0, 0.1) is 5.92 Å². The Labute approximate surface area is 110 Å². The highest BCUT2D eigenvalue weighted by Crippen LogP contribution is 2.25. The Morgan fingerprint density at radius 2 is 2.33 bits per heavy atom. The van der Waals surface area contributed by atoms with E-state index < -0.39 is 0 Å². The summed E-state index contributed by atoms with van der Waals surface area (Å²) in [4.78, 5) is 11.9. The third kappa shape index (κ3) is 2.26. The maximum absolute atomic E-state index is 11.9. The summed E-state index contributed by atoms with van der Waals surface area (Å²) in [6, 6.07) is 8.32. The van der Waals surface area contributed by atoms with Gasteiger partial charge >= 0.3 is 0 Å². The SMILES string of the molecule is O=C(NCc1csc2ccccc12)C1CCNC1. The molecule has 1 atom stereocenters. The zero-order valence-corrected chi connectivity index (χ0v) is 10.9. The van der Waals surface area contributed by atoms with Crippen molar-refractivity contribution >= 4 is 27.3 Å². The van der Waals surface area contributed by atoms with E-state index in [1.807, 2.05) is 12.1 Å². The van der Waals surface area contributed by atoms with Crippen LogP contribution in [0.3, 0.4) is 0 Å². The molecular formula is C14H16N2OS. The highest BCUT2D eigenvalue weighted by atomic mass is 32.1. The van der Waals surface area contributed by atoms with Crippen LogP contribution >= 0.6 is 11.3 Å². The van der Waals surface area contributed by atoms with Gasteiger partial charge in [0.15, 0.2) is 0 Å². The van der Waals surface area contributed by atoms with Crippen LogP contribution in [0.15, 0.2) is 29.6 Å². The van der Waals surface area contributed by atoms with Crippen LogP contribution in [0.25, 0.3) is 10.1 Å². The second-order valence-corrected chi connectivity index (χ2v) is 5.58. The van der Waals surface area contributed by atoms with E-state index in [1.165, 1.54) is 15.6 Å². The van der Waals surface area contributed by atoms with Gasteiger partial charge in [0.2, 0.25) is 5.91 Å². The fourth-order valence-electron chi connectivity index (χ4n) is 2.37. The van der Waals surface area contributed by atoms with Crippen molar-refractivity contribution < 1.29 is 4.79 Å². The maximum Gasteiger partial charge on any atom is 0.224 e. The van der Waals surface area contributed by atoms with E-state index >= 15 is 0 Å². The molecule has 1 unspecified atom stereocenters. The Bertz CT molecular complexity index is 558. The molecule has 18 heavy (non-hydrogen) atoms. The molecule has 0 bridgehead atoms. The molecule has 94 valence electrons. The van der Waals surface area contributed by atoms with Crippen molar-refractivity contribution in [2.75, 3.05) is 13.1 Å². The van der Waals surface area contributed by atoms with Crippen molar-refractivity contribution in [2.24, 2.45) is 5.92 Å². The molecule has 0 aliphatic carbocycles. The summed E-state index contributed by atoms with van der Waals surface area (Å²) in [7, 11) is 0. The van der Waals surface area contributed by atoms with Gasteiger partial charge < -0.3 is 10.6 Å². The Balaban J connectivity index is 1.67. The Kier molecular flexibility index (Phi) is 3.30. The van der Waals surface area contributed by atoms with Crippen LogP contribution < -0.4 is 10.6 Å². The molecular weight excluding hydrogens is 244 g/mol. The minimum atomic E-state index is 0.148. The summed E-state index contributed by atoms with van der Waals surface area (Å²) >= 11 is 1.73. The molecule has 0 spiro atoms. The van der Waals surface area contributed by atoms with Crippen molar-refractivity contribution in [3.8, 4) is 0 Å². The third-order valence-electron chi connectivity index (χ3n) is 3.45. The Morgan fingerprint density at radius 3 is 3.17 bits per heavy atom. The number of hydrogen-bond acceptors (Lipinski definition) is 3. The smallest absolute Gasteiger partial charge is 0.224 e. The standard InChI is InChI=1S/C14H16N2OS/c17-14(10-5-6-15-7-10)16-8-11-9-18-13-4-2-1-3-12(11)13/h1-4,9-10,15H,5-8H2,(H,16,17). The Hall–Kier alpha value is -1.39. The number of benzene rings is 1. The van der Waals surface area contributed by atoms with Gasteiger partial charge in [-0.1, -0.05) is 18.2 Å². The molecule has 3 nitrogen and oxygen atoms in total. The molecule has 2 heterocycles. The van der Waals surface area contributed by atoms with E-state index in [4.69, 9.17) is 0 Å². The zero-order valence-electron chi connectivity index (χ0n) is 10.1. The highest BCUT2D eigenvalue weighted by molar-refractivity contribution is 7.17. The first kappa shape index (κ1) is 11.7. The summed E-state index contributed by atoms with van der Waals surface area (Å²) in [5.74, 6) is 0.324. The van der Waals surface area contributed by atoms with Crippen molar-refractivity contribution in [2.45, 2.75) is 13.0 Å². The number of carbonyl (C=O) groups excluding carboxylic acids is 1. The maximum atomic E-state index is 11.9. The largest absolute Gasteiger partial charge is 0.352 e. The summed E-state index contributed by atoms with van der Waals surface area (Å²) in [5.41, 5.74) is 1.22. The lowest BCUT2D eigenvalue weighted by Crippen LogP contribution is -2.31.